The summed E-state index contributed by atoms with van der Waals surface area (Å²) in [6.45, 7) is -0.639. The van der Waals surface area contributed by atoms with E-state index < -0.39 is 36.4 Å². The number of hydrogen-bond donors (Lipinski definition) is 2. The number of aryl methyl sites for hydroxylation is 1. The van der Waals surface area contributed by atoms with Crippen LogP contribution in [0.15, 0.2) is 42.6 Å². The van der Waals surface area contributed by atoms with Crippen molar-refractivity contribution in [2.24, 2.45) is 7.05 Å². The predicted molar refractivity (Wildman–Crippen MR) is 92.9 cm³/mol. The van der Waals surface area contributed by atoms with Gasteiger partial charge in [-0.1, -0.05) is 12.1 Å². The minimum Gasteiger partial charge on any atom is -0.478 e. The fourth-order valence-electron chi connectivity index (χ4n) is 2.51. The van der Waals surface area contributed by atoms with Crippen molar-refractivity contribution in [3.8, 4) is 5.75 Å². The summed E-state index contributed by atoms with van der Waals surface area (Å²) in [5.74, 6) is -2.20. The number of para-hydroxylation sites is 2. The van der Waals surface area contributed by atoms with E-state index in [0.29, 0.717) is 17.1 Å². The van der Waals surface area contributed by atoms with E-state index in [1.165, 1.54) is 0 Å². The lowest BCUT2D eigenvalue weighted by Crippen LogP contribution is -2.39. The number of carbonyl (C=O) groups is 4. The van der Waals surface area contributed by atoms with Gasteiger partial charge in [0.05, 0.1) is 12.1 Å². The van der Waals surface area contributed by atoms with Gasteiger partial charge in [0.25, 0.3) is 17.7 Å². The van der Waals surface area contributed by atoms with Crippen molar-refractivity contribution in [3.05, 3.63) is 48.3 Å². The molecular formula is C18H17N3O6. The molecule has 9 nitrogen and oxygen atoms in total. The molecule has 3 rings (SSSR count). The molecule has 1 atom stereocenters. The third-order valence-electron chi connectivity index (χ3n) is 3.85. The normalized spacial score (nSPS) is 15.1. The Morgan fingerprint density at radius 3 is 2.74 bits per heavy atom. The Bertz CT molecular complexity index is 904. The van der Waals surface area contributed by atoms with Crippen LogP contribution in [0.5, 0.6) is 5.75 Å². The molecule has 0 fully saturated rings. The topological polar surface area (TPSA) is 116 Å². The van der Waals surface area contributed by atoms with Gasteiger partial charge in [0.1, 0.15) is 11.4 Å². The van der Waals surface area contributed by atoms with E-state index in [-0.39, 0.29) is 6.42 Å². The van der Waals surface area contributed by atoms with Crippen LogP contribution < -0.4 is 15.4 Å². The highest BCUT2D eigenvalue weighted by Crippen LogP contribution is 2.29. The molecule has 1 unspecified atom stereocenters. The van der Waals surface area contributed by atoms with Gasteiger partial charge in [-0.2, -0.15) is 0 Å². The molecule has 1 aromatic heterocycles. The molecule has 0 bridgehead atoms. The first kappa shape index (κ1) is 18.2. The molecule has 0 spiro atoms. The fraction of sp³-hybridized carbons (Fsp3) is 0.222. The molecule has 3 amide bonds. The highest BCUT2D eigenvalue weighted by molar-refractivity contribution is 6.04. The molecule has 27 heavy (non-hydrogen) atoms. The Kier molecular flexibility index (Phi) is 5.20. The van der Waals surface area contributed by atoms with Gasteiger partial charge in [-0.25, -0.2) is 0 Å². The van der Waals surface area contributed by atoms with E-state index in [2.05, 4.69) is 10.6 Å². The summed E-state index contributed by atoms with van der Waals surface area (Å²) < 4.78 is 11.8. The standard InChI is InChI=1S/C18H17N3O6/c1-21-8-4-6-12(21)17(24)20-15(22)10-26-16(23)9-14-18(25)19-11-5-2-3-7-13(11)27-14/h2-8,14H,9-10H2,1H3,(H,19,25)(H,20,22,24). The molecule has 0 aliphatic carbocycles. The summed E-state index contributed by atoms with van der Waals surface area (Å²) >= 11 is 0. The highest BCUT2D eigenvalue weighted by Gasteiger charge is 2.30. The number of nitrogens with one attached hydrogen (secondary N) is 2. The van der Waals surface area contributed by atoms with Crippen LogP contribution >= 0.6 is 0 Å². The second-order valence-corrected chi connectivity index (χ2v) is 5.84. The van der Waals surface area contributed by atoms with Crippen LogP contribution in [0.25, 0.3) is 0 Å². The quantitative estimate of drug-likeness (QED) is 0.744. The molecule has 1 aliphatic rings. The van der Waals surface area contributed by atoms with Gasteiger partial charge in [-0.3, -0.25) is 24.5 Å². The molecule has 1 aliphatic heterocycles. The van der Waals surface area contributed by atoms with Crippen molar-refractivity contribution in [1.29, 1.82) is 0 Å². The number of imide groups is 1. The van der Waals surface area contributed by atoms with E-state index in [9.17, 15) is 19.2 Å². The summed E-state index contributed by atoms with van der Waals surface area (Å²) in [6, 6.07) is 10.0. The van der Waals surface area contributed by atoms with E-state index in [4.69, 9.17) is 9.47 Å². The molecular weight excluding hydrogens is 354 g/mol. The van der Waals surface area contributed by atoms with Crippen LogP contribution in [0.2, 0.25) is 0 Å². The van der Waals surface area contributed by atoms with Crippen molar-refractivity contribution < 1.29 is 28.7 Å². The summed E-state index contributed by atoms with van der Waals surface area (Å²) in [6.07, 6.45) is 0.242. The number of rotatable bonds is 5. The lowest BCUT2D eigenvalue weighted by atomic mass is 10.1. The molecule has 0 saturated heterocycles. The minimum absolute atomic E-state index is 0.292. The van der Waals surface area contributed by atoms with Crippen molar-refractivity contribution in [1.82, 2.24) is 9.88 Å². The number of benzene rings is 1. The van der Waals surface area contributed by atoms with Crippen LogP contribution in [0.4, 0.5) is 5.69 Å². The van der Waals surface area contributed by atoms with Crippen molar-refractivity contribution in [3.63, 3.8) is 0 Å². The number of fused-ring (bicyclic) bond motifs is 1. The third kappa shape index (κ3) is 4.32. The lowest BCUT2D eigenvalue weighted by Gasteiger charge is -2.25. The van der Waals surface area contributed by atoms with E-state index in [1.54, 1.807) is 54.2 Å². The minimum atomic E-state index is -1.06. The molecule has 9 heteroatoms. The second kappa shape index (κ2) is 7.73. The van der Waals surface area contributed by atoms with Crippen LogP contribution in [0.3, 0.4) is 0 Å². The van der Waals surface area contributed by atoms with Gasteiger partial charge in [0.15, 0.2) is 12.7 Å². The van der Waals surface area contributed by atoms with Crippen LogP contribution in [0.1, 0.15) is 16.9 Å². The molecule has 2 N–H and O–H groups in total. The molecule has 0 radical (unpaired) electrons. The smallest absolute Gasteiger partial charge is 0.310 e. The Balaban J connectivity index is 1.47. The summed E-state index contributed by atoms with van der Waals surface area (Å²) in [5.41, 5.74) is 0.811. The van der Waals surface area contributed by atoms with Crippen LogP contribution in [-0.4, -0.2) is 41.0 Å². The number of ether oxygens (including phenoxy) is 2. The van der Waals surface area contributed by atoms with Gasteiger partial charge < -0.3 is 19.4 Å². The van der Waals surface area contributed by atoms with Crippen molar-refractivity contribution in [2.75, 3.05) is 11.9 Å². The van der Waals surface area contributed by atoms with Gasteiger partial charge >= 0.3 is 5.97 Å². The third-order valence-corrected chi connectivity index (χ3v) is 3.85. The zero-order valence-corrected chi connectivity index (χ0v) is 14.4. The van der Waals surface area contributed by atoms with Crippen molar-refractivity contribution >= 4 is 29.4 Å². The zero-order chi connectivity index (χ0) is 19.4. The summed E-state index contributed by atoms with van der Waals surface area (Å²) in [4.78, 5) is 47.5. The first-order chi connectivity index (χ1) is 12.9. The largest absolute Gasteiger partial charge is 0.478 e. The van der Waals surface area contributed by atoms with Gasteiger partial charge in [-0.15, -0.1) is 0 Å². The van der Waals surface area contributed by atoms with Gasteiger partial charge in [0, 0.05) is 13.2 Å². The Hall–Kier alpha value is -3.62. The van der Waals surface area contributed by atoms with Crippen molar-refractivity contribution in [2.45, 2.75) is 12.5 Å². The number of carbonyl (C=O) groups excluding carboxylic acids is 4. The van der Waals surface area contributed by atoms with Gasteiger partial charge in [-0.05, 0) is 24.3 Å². The first-order valence-corrected chi connectivity index (χ1v) is 8.11. The summed E-state index contributed by atoms with van der Waals surface area (Å²) in [7, 11) is 1.66. The average molecular weight is 371 g/mol. The number of nitrogens with zero attached hydrogens (tertiary/aromatic N) is 1. The van der Waals surface area contributed by atoms with E-state index in [1.807, 2.05) is 0 Å². The Morgan fingerprint density at radius 1 is 1.22 bits per heavy atom. The number of amides is 3. The van der Waals surface area contributed by atoms with E-state index >= 15 is 0 Å². The van der Waals surface area contributed by atoms with Crippen LogP contribution in [0, 0.1) is 0 Å². The Morgan fingerprint density at radius 2 is 2.00 bits per heavy atom. The Labute approximate surface area is 154 Å². The summed E-state index contributed by atoms with van der Waals surface area (Å²) in [5, 5.41) is 4.75. The SMILES string of the molecule is Cn1cccc1C(=O)NC(=O)COC(=O)CC1Oc2ccccc2NC1=O. The lowest BCUT2D eigenvalue weighted by molar-refractivity contribution is -0.151. The highest BCUT2D eigenvalue weighted by atomic mass is 16.5. The van der Waals surface area contributed by atoms with Gasteiger partial charge in [0.2, 0.25) is 0 Å². The predicted octanol–water partition coefficient (Wildman–Crippen LogP) is 0.614. The number of anilines is 1. The maximum atomic E-state index is 12.0. The molecule has 2 aromatic rings. The molecule has 140 valence electrons. The van der Waals surface area contributed by atoms with E-state index in [0.717, 1.165) is 0 Å². The fourth-order valence-corrected chi connectivity index (χ4v) is 2.51. The average Bonchev–Trinajstić information content (AvgIpc) is 3.07. The zero-order valence-electron chi connectivity index (χ0n) is 14.4. The second-order valence-electron chi connectivity index (χ2n) is 5.84. The number of hydrogen-bond acceptors (Lipinski definition) is 6. The number of aromatic nitrogens is 1. The molecule has 2 heterocycles. The number of esters is 1. The molecule has 1 aromatic carbocycles. The van der Waals surface area contributed by atoms with Crippen LogP contribution in [-0.2, 0) is 26.2 Å². The first-order valence-electron chi connectivity index (χ1n) is 8.11. The molecule has 0 saturated carbocycles. The maximum absolute atomic E-state index is 12.0. The maximum Gasteiger partial charge on any atom is 0.310 e. The monoisotopic (exact) mass is 371 g/mol.